The number of piperidine rings is 1. The average Bonchev–Trinajstić information content (AvgIpc) is 2.27. The van der Waals surface area contributed by atoms with Crippen molar-refractivity contribution in [2.75, 3.05) is 26.0 Å². The molecule has 1 aliphatic rings. The Kier molecular flexibility index (Phi) is 6.94. The summed E-state index contributed by atoms with van der Waals surface area (Å²) in [5, 5.41) is 2.82. The van der Waals surface area contributed by atoms with Crippen molar-refractivity contribution in [2.45, 2.75) is 24.5 Å². The van der Waals surface area contributed by atoms with Gasteiger partial charge in [-0.25, -0.2) is 8.42 Å². The molecule has 0 aromatic carbocycles. The van der Waals surface area contributed by atoms with Gasteiger partial charge in [0.2, 0.25) is 0 Å². The number of carbonyl (C=O) groups excluding carboxylic acids is 1. The van der Waals surface area contributed by atoms with Gasteiger partial charge in [-0.1, -0.05) is 0 Å². The zero-order chi connectivity index (χ0) is 11.3. The molecule has 0 aromatic heterocycles. The summed E-state index contributed by atoms with van der Waals surface area (Å²) in [6.07, 6.45) is 1.25. The van der Waals surface area contributed by atoms with Crippen LogP contribution in [0.15, 0.2) is 0 Å². The van der Waals surface area contributed by atoms with Crippen LogP contribution in [0.3, 0.4) is 0 Å². The SMILES string of the molecule is COC(=O)CCS(=O)(=O)C1CCNCC1.Cl. The van der Waals surface area contributed by atoms with Gasteiger partial charge in [-0.2, -0.15) is 0 Å². The van der Waals surface area contributed by atoms with Crippen LogP contribution in [-0.2, 0) is 19.4 Å². The Hall–Kier alpha value is -0.330. The Labute approximate surface area is 102 Å². The Morgan fingerprint density at radius 2 is 1.94 bits per heavy atom. The fourth-order valence-electron chi connectivity index (χ4n) is 1.65. The van der Waals surface area contributed by atoms with Crippen LogP contribution in [0.2, 0.25) is 0 Å². The number of hydrogen-bond donors (Lipinski definition) is 1. The predicted octanol–water partition coefficient (Wildman–Crippen LogP) is 0.138. The third-order valence-electron chi connectivity index (χ3n) is 2.61. The van der Waals surface area contributed by atoms with Gasteiger partial charge in [0.25, 0.3) is 0 Å². The highest BCUT2D eigenvalue weighted by atomic mass is 35.5. The molecule has 7 heteroatoms. The fraction of sp³-hybridized carbons (Fsp3) is 0.889. The Morgan fingerprint density at radius 3 is 2.44 bits per heavy atom. The van der Waals surface area contributed by atoms with E-state index in [0.29, 0.717) is 12.8 Å². The molecular weight excluding hydrogens is 254 g/mol. The first-order valence-electron chi connectivity index (χ1n) is 5.05. The molecule has 1 fully saturated rings. The van der Waals surface area contributed by atoms with Crippen molar-refractivity contribution >= 4 is 28.2 Å². The van der Waals surface area contributed by atoms with Gasteiger partial charge in [-0.15, -0.1) is 12.4 Å². The smallest absolute Gasteiger partial charge is 0.306 e. The molecule has 1 rings (SSSR count). The maximum Gasteiger partial charge on any atom is 0.306 e. The second-order valence-corrected chi connectivity index (χ2v) is 6.04. The number of methoxy groups -OCH3 is 1. The van der Waals surface area contributed by atoms with Crippen LogP contribution in [0.5, 0.6) is 0 Å². The number of hydrogen-bond acceptors (Lipinski definition) is 5. The van der Waals surface area contributed by atoms with E-state index in [1.165, 1.54) is 7.11 Å². The number of carbonyl (C=O) groups is 1. The first-order chi connectivity index (χ1) is 7.06. The van der Waals surface area contributed by atoms with E-state index in [1.807, 2.05) is 0 Å². The lowest BCUT2D eigenvalue weighted by atomic mass is 10.2. The molecule has 0 saturated carbocycles. The van der Waals surface area contributed by atoms with Crippen molar-refractivity contribution < 1.29 is 17.9 Å². The van der Waals surface area contributed by atoms with Crippen LogP contribution in [-0.4, -0.2) is 45.6 Å². The molecule has 5 nitrogen and oxygen atoms in total. The van der Waals surface area contributed by atoms with Gasteiger partial charge in [0.15, 0.2) is 9.84 Å². The molecule has 1 aliphatic heterocycles. The summed E-state index contributed by atoms with van der Waals surface area (Å²) >= 11 is 0. The molecule has 0 atom stereocenters. The summed E-state index contributed by atoms with van der Waals surface area (Å²) in [5.74, 6) is -0.558. The van der Waals surface area contributed by atoms with E-state index in [0.717, 1.165) is 13.1 Å². The minimum atomic E-state index is -3.13. The molecule has 96 valence electrons. The van der Waals surface area contributed by atoms with E-state index in [2.05, 4.69) is 10.1 Å². The van der Waals surface area contributed by atoms with Crippen LogP contribution in [0.25, 0.3) is 0 Å². The van der Waals surface area contributed by atoms with E-state index in [9.17, 15) is 13.2 Å². The predicted molar refractivity (Wildman–Crippen MR) is 63.6 cm³/mol. The first kappa shape index (κ1) is 15.7. The summed E-state index contributed by atoms with van der Waals surface area (Å²) in [7, 11) is -1.87. The van der Waals surface area contributed by atoms with Gasteiger partial charge in [-0.05, 0) is 25.9 Å². The second-order valence-electron chi connectivity index (χ2n) is 3.64. The first-order valence-corrected chi connectivity index (χ1v) is 6.77. The Morgan fingerprint density at radius 1 is 1.38 bits per heavy atom. The molecule has 1 N–H and O–H groups in total. The van der Waals surface area contributed by atoms with E-state index in [-0.39, 0.29) is 29.8 Å². The van der Waals surface area contributed by atoms with Gasteiger partial charge in [0.1, 0.15) is 0 Å². The van der Waals surface area contributed by atoms with Crippen LogP contribution in [0, 0.1) is 0 Å². The molecule has 0 amide bonds. The summed E-state index contributed by atoms with van der Waals surface area (Å²) in [6.45, 7) is 1.48. The number of nitrogens with one attached hydrogen (secondary N) is 1. The quantitative estimate of drug-likeness (QED) is 0.737. The van der Waals surface area contributed by atoms with E-state index in [1.54, 1.807) is 0 Å². The monoisotopic (exact) mass is 271 g/mol. The number of esters is 1. The number of halogens is 1. The van der Waals surface area contributed by atoms with Crippen molar-refractivity contribution in [2.24, 2.45) is 0 Å². The molecule has 16 heavy (non-hydrogen) atoms. The third kappa shape index (κ3) is 4.67. The van der Waals surface area contributed by atoms with Crippen molar-refractivity contribution in [3.8, 4) is 0 Å². The van der Waals surface area contributed by atoms with Crippen LogP contribution in [0.4, 0.5) is 0 Å². The van der Waals surface area contributed by atoms with Gasteiger partial charge in [0, 0.05) is 0 Å². The largest absolute Gasteiger partial charge is 0.469 e. The average molecular weight is 272 g/mol. The van der Waals surface area contributed by atoms with E-state index < -0.39 is 15.8 Å². The molecule has 1 saturated heterocycles. The van der Waals surface area contributed by atoms with Crippen LogP contribution >= 0.6 is 12.4 Å². The molecule has 1 heterocycles. The summed E-state index contributed by atoms with van der Waals surface area (Å²) in [6, 6.07) is 0. The molecule has 0 aliphatic carbocycles. The molecular formula is C9H18ClNO4S. The maximum atomic E-state index is 11.8. The molecule has 0 unspecified atom stereocenters. The standard InChI is InChI=1S/C9H17NO4S.ClH/c1-14-9(11)4-7-15(12,13)8-2-5-10-6-3-8;/h8,10H,2-7H2,1H3;1H. The normalized spacial score (nSPS) is 17.6. The van der Waals surface area contributed by atoms with Crippen LogP contribution < -0.4 is 5.32 Å². The van der Waals surface area contributed by atoms with Gasteiger partial charge in [0.05, 0.1) is 24.5 Å². The zero-order valence-corrected chi connectivity index (χ0v) is 10.9. The molecule has 0 bridgehead atoms. The Bertz CT molecular complexity index is 311. The fourth-order valence-corrected chi connectivity index (χ4v) is 3.39. The highest BCUT2D eigenvalue weighted by Crippen LogP contribution is 2.14. The lowest BCUT2D eigenvalue weighted by molar-refractivity contribution is -0.140. The maximum absolute atomic E-state index is 11.8. The highest BCUT2D eigenvalue weighted by Gasteiger charge is 2.27. The van der Waals surface area contributed by atoms with E-state index in [4.69, 9.17) is 0 Å². The zero-order valence-electron chi connectivity index (χ0n) is 9.27. The highest BCUT2D eigenvalue weighted by molar-refractivity contribution is 7.92. The molecule has 0 spiro atoms. The van der Waals surface area contributed by atoms with Gasteiger partial charge in [-0.3, -0.25) is 4.79 Å². The van der Waals surface area contributed by atoms with Gasteiger partial charge < -0.3 is 10.1 Å². The topological polar surface area (TPSA) is 72.5 Å². The van der Waals surface area contributed by atoms with Crippen molar-refractivity contribution in [1.29, 1.82) is 0 Å². The summed E-state index contributed by atoms with van der Waals surface area (Å²) in [5.41, 5.74) is 0. The van der Waals surface area contributed by atoms with Crippen LogP contribution in [0.1, 0.15) is 19.3 Å². The minimum Gasteiger partial charge on any atom is -0.469 e. The van der Waals surface area contributed by atoms with Gasteiger partial charge >= 0.3 is 5.97 Å². The number of sulfone groups is 1. The van der Waals surface area contributed by atoms with E-state index >= 15 is 0 Å². The van der Waals surface area contributed by atoms with Crippen molar-refractivity contribution in [3.63, 3.8) is 0 Å². The number of ether oxygens (including phenoxy) is 1. The molecule has 0 radical (unpaired) electrons. The van der Waals surface area contributed by atoms with Crippen molar-refractivity contribution in [3.05, 3.63) is 0 Å². The third-order valence-corrected chi connectivity index (χ3v) is 4.87. The number of rotatable bonds is 4. The summed E-state index contributed by atoms with van der Waals surface area (Å²) < 4.78 is 28.0. The van der Waals surface area contributed by atoms with Crippen molar-refractivity contribution in [1.82, 2.24) is 5.32 Å². The summed E-state index contributed by atoms with van der Waals surface area (Å²) in [4.78, 5) is 10.8. The Balaban J connectivity index is 0.00000225. The minimum absolute atomic E-state index is 0. The lowest BCUT2D eigenvalue weighted by Crippen LogP contribution is -2.37. The molecule has 0 aromatic rings. The lowest BCUT2D eigenvalue weighted by Gasteiger charge is -2.22. The second kappa shape index (κ2) is 7.09.